The minimum atomic E-state index is -0.743. The molecule has 2 atom stereocenters. The minimum absolute atomic E-state index is 0.159. The monoisotopic (exact) mass is 594 g/mol. The molecule has 6 rings (SSSR count). The van der Waals surface area contributed by atoms with Gasteiger partial charge in [0.15, 0.2) is 11.3 Å². The first-order valence-electron chi connectivity index (χ1n) is 13.4. The Labute approximate surface area is 251 Å². The van der Waals surface area contributed by atoms with Gasteiger partial charge in [-0.1, -0.05) is 103 Å². The summed E-state index contributed by atoms with van der Waals surface area (Å²) in [5, 5.41) is 2.89. The van der Waals surface area contributed by atoms with E-state index in [0.29, 0.717) is 15.8 Å². The average molecular weight is 595 g/mol. The van der Waals surface area contributed by atoms with Gasteiger partial charge in [-0.3, -0.25) is 14.5 Å². The molecule has 1 fully saturated rings. The number of β-lactam (4-membered cyclic amide) rings is 1. The lowest BCUT2D eigenvalue weighted by atomic mass is 10.0. The third kappa shape index (κ3) is 5.95. The van der Waals surface area contributed by atoms with E-state index in [-0.39, 0.29) is 23.9 Å². The number of carbonyl (C=O) groups excluding carboxylic acids is 3. The number of rotatable bonds is 9. The van der Waals surface area contributed by atoms with Crippen LogP contribution >= 0.6 is 23.5 Å². The number of aromatic nitrogens is 2. The van der Waals surface area contributed by atoms with Crippen molar-refractivity contribution >= 4 is 41.3 Å². The highest BCUT2D eigenvalue weighted by Gasteiger charge is 2.55. The largest absolute Gasteiger partial charge is 0.448 e. The lowest BCUT2D eigenvalue weighted by molar-refractivity contribution is -0.154. The second-order valence-electron chi connectivity index (χ2n) is 9.63. The Morgan fingerprint density at radius 3 is 2.12 bits per heavy atom. The lowest BCUT2D eigenvalue weighted by Gasteiger charge is -2.49. The van der Waals surface area contributed by atoms with Crippen molar-refractivity contribution < 1.29 is 19.1 Å². The van der Waals surface area contributed by atoms with Gasteiger partial charge in [0.05, 0.1) is 6.42 Å². The molecule has 2 aliphatic heterocycles. The quantitative estimate of drug-likeness (QED) is 0.168. The molecule has 0 aliphatic carbocycles. The Hall–Kier alpha value is -4.41. The predicted molar refractivity (Wildman–Crippen MR) is 161 cm³/mol. The molecule has 0 unspecified atom stereocenters. The van der Waals surface area contributed by atoms with Crippen molar-refractivity contribution in [3.05, 3.63) is 137 Å². The van der Waals surface area contributed by atoms with Crippen molar-refractivity contribution in [2.24, 2.45) is 0 Å². The molecule has 2 amide bonds. The van der Waals surface area contributed by atoms with Crippen LogP contribution in [0.3, 0.4) is 0 Å². The van der Waals surface area contributed by atoms with Crippen LogP contribution in [0.4, 0.5) is 0 Å². The number of hydrogen-bond acceptors (Lipinski definition) is 8. The fourth-order valence-electron chi connectivity index (χ4n) is 4.86. The number of nitrogens with zero attached hydrogens (tertiary/aromatic N) is 3. The Balaban J connectivity index is 1.28. The zero-order chi connectivity index (χ0) is 28.9. The van der Waals surface area contributed by atoms with Crippen molar-refractivity contribution in [1.29, 1.82) is 0 Å². The highest BCUT2D eigenvalue weighted by Crippen LogP contribution is 2.45. The van der Waals surface area contributed by atoms with Crippen LogP contribution in [-0.2, 0) is 25.5 Å². The Kier molecular flexibility index (Phi) is 8.34. The van der Waals surface area contributed by atoms with Crippen LogP contribution in [0.25, 0.3) is 0 Å². The SMILES string of the molecule is O=C(Cc1ccccc1)N[C@@H]1C(=O)N2C(C(=O)OC(c3ccccc3)c3ccccc3)=C(Sc3ncccn3)CS[C@@H]12. The lowest BCUT2D eigenvalue weighted by Crippen LogP contribution is -2.70. The fraction of sp³-hybridized carbons (Fsp3) is 0.156. The summed E-state index contributed by atoms with van der Waals surface area (Å²) in [6.45, 7) is 0. The maximum Gasteiger partial charge on any atom is 0.356 e. The van der Waals surface area contributed by atoms with Crippen molar-refractivity contribution in [3.8, 4) is 0 Å². The predicted octanol–water partition coefficient (Wildman–Crippen LogP) is 4.76. The van der Waals surface area contributed by atoms with E-state index in [2.05, 4.69) is 15.3 Å². The molecular formula is C32H26N4O4S2. The van der Waals surface area contributed by atoms with Gasteiger partial charge in [0.25, 0.3) is 5.91 Å². The van der Waals surface area contributed by atoms with Gasteiger partial charge in [-0.15, -0.1) is 11.8 Å². The second kappa shape index (κ2) is 12.6. The van der Waals surface area contributed by atoms with E-state index in [1.807, 2.05) is 91.0 Å². The van der Waals surface area contributed by atoms with Gasteiger partial charge < -0.3 is 10.1 Å². The highest BCUT2D eigenvalue weighted by atomic mass is 32.2. The summed E-state index contributed by atoms with van der Waals surface area (Å²) in [5.41, 5.74) is 2.63. The van der Waals surface area contributed by atoms with Crippen LogP contribution < -0.4 is 5.32 Å². The van der Waals surface area contributed by atoms with Gasteiger partial charge in [-0.25, -0.2) is 14.8 Å². The van der Waals surface area contributed by atoms with Gasteiger partial charge in [-0.05, 0) is 22.8 Å². The molecule has 0 saturated carbocycles. The molecule has 3 aromatic carbocycles. The molecule has 0 spiro atoms. The first kappa shape index (κ1) is 27.7. The van der Waals surface area contributed by atoms with E-state index in [0.717, 1.165) is 16.7 Å². The molecule has 1 aromatic heterocycles. The van der Waals surface area contributed by atoms with Gasteiger partial charge in [0.1, 0.15) is 17.1 Å². The van der Waals surface area contributed by atoms with Crippen LogP contribution in [0.1, 0.15) is 22.8 Å². The summed E-state index contributed by atoms with van der Waals surface area (Å²) >= 11 is 2.71. The first-order chi connectivity index (χ1) is 20.6. The topological polar surface area (TPSA) is 101 Å². The molecule has 2 aliphatic rings. The molecule has 10 heteroatoms. The van der Waals surface area contributed by atoms with Crippen LogP contribution in [0.15, 0.2) is 125 Å². The van der Waals surface area contributed by atoms with E-state index < -0.39 is 23.5 Å². The third-order valence-electron chi connectivity index (χ3n) is 6.84. The third-order valence-corrected chi connectivity index (χ3v) is 9.28. The summed E-state index contributed by atoms with van der Waals surface area (Å²) < 4.78 is 6.18. The van der Waals surface area contributed by atoms with Gasteiger partial charge in [-0.2, -0.15) is 0 Å². The molecule has 0 bridgehead atoms. The van der Waals surface area contributed by atoms with Gasteiger partial charge in [0, 0.05) is 23.1 Å². The molecule has 3 heterocycles. The highest BCUT2D eigenvalue weighted by molar-refractivity contribution is 8.06. The minimum Gasteiger partial charge on any atom is -0.448 e. The first-order valence-corrected chi connectivity index (χ1v) is 15.2. The van der Waals surface area contributed by atoms with E-state index in [9.17, 15) is 14.4 Å². The summed E-state index contributed by atoms with van der Waals surface area (Å²) in [6, 6.07) is 29.3. The normalized spacial score (nSPS) is 17.8. The Morgan fingerprint density at radius 1 is 0.905 bits per heavy atom. The zero-order valence-corrected chi connectivity index (χ0v) is 24.0. The average Bonchev–Trinajstić information content (AvgIpc) is 3.04. The number of thioether (sulfide) groups is 2. The summed E-state index contributed by atoms with van der Waals surface area (Å²) in [4.78, 5) is 51.0. The van der Waals surface area contributed by atoms with Crippen LogP contribution in [0, 0.1) is 0 Å². The number of nitrogens with one attached hydrogen (secondary N) is 1. The molecule has 210 valence electrons. The van der Waals surface area contributed by atoms with Crippen LogP contribution in [-0.4, -0.2) is 49.8 Å². The molecule has 42 heavy (non-hydrogen) atoms. The van der Waals surface area contributed by atoms with Gasteiger partial charge >= 0.3 is 5.97 Å². The van der Waals surface area contributed by atoms with E-state index >= 15 is 0 Å². The molecule has 8 nitrogen and oxygen atoms in total. The standard InChI is InChI=1S/C32H26N4O4S2/c37-25(19-21-11-4-1-5-12-21)35-26-29(38)36-27(24(20-41-30(26)36)42-32-33-17-10-18-34-32)31(39)40-28(22-13-6-2-7-14-22)23-15-8-3-9-16-23/h1-18,26,28,30H,19-20H2,(H,35,37)/t26-,30+/m1/s1. The maximum atomic E-state index is 14.0. The Morgan fingerprint density at radius 2 is 1.50 bits per heavy atom. The number of esters is 1. The molecule has 0 radical (unpaired) electrons. The Bertz CT molecular complexity index is 1570. The van der Waals surface area contributed by atoms with Gasteiger partial charge in [0.2, 0.25) is 5.91 Å². The number of benzene rings is 3. The second-order valence-corrected chi connectivity index (χ2v) is 11.8. The summed E-state index contributed by atoms with van der Waals surface area (Å²) in [7, 11) is 0. The smallest absolute Gasteiger partial charge is 0.356 e. The van der Waals surface area contributed by atoms with Crippen molar-refractivity contribution in [2.45, 2.75) is 29.1 Å². The molecule has 4 aromatic rings. The molecular weight excluding hydrogens is 569 g/mol. The van der Waals surface area contributed by atoms with Crippen LogP contribution in [0.5, 0.6) is 0 Å². The van der Waals surface area contributed by atoms with Crippen molar-refractivity contribution in [1.82, 2.24) is 20.2 Å². The van der Waals surface area contributed by atoms with E-state index in [4.69, 9.17) is 4.74 Å². The maximum absolute atomic E-state index is 14.0. The summed E-state index contributed by atoms with van der Waals surface area (Å²) in [5.74, 6) is -0.810. The van der Waals surface area contributed by atoms with Crippen LogP contribution in [0.2, 0.25) is 0 Å². The number of ether oxygens (including phenoxy) is 1. The van der Waals surface area contributed by atoms with E-state index in [1.165, 1.54) is 28.4 Å². The van der Waals surface area contributed by atoms with E-state index in [1.54, 1.807) is 18.5 Å². The number of carbonyl (C=O) groups is 3. The molecule has 1 saturated heterocycles. The number of hydrogen-bond donors (Lipinski definition) is 1. The number of fused-ring (bicyclic) bond motifs is 1. The van der Waals surface area contributed by atoms with Crippen molar-refractivity contribution in [2.75, 3.05) is 5.75 Å². The zero-order valence-electron chi connectivity index (χ0n) is 22.3. The summed E-state index contributed by atoms with van der Waals surface area (Å²) in [6.07, 6.45) is 2.73. The molecule has 1 N–H and O–H groups in total. The fourth-order valence-corrected chi connectivity index (χ4v) is 7.22. The number of amides is 2. The van der Waals surface area contributed by atoms with Crippen molar-refractivity contribution in [3.63, 3.8) is 0 Å².